The topological polar surface area (TPSA) is 70.3 Å². The van der Waals surface area contributed by atoms with Crippen LogP contribution in [0.5, 0.6) is 5.75 Å². The monoisotopic (exact) mass is 283 g/mol. The molecule has 0 aliphatic rings. The highest BCUT2D eigenvalue weighted by Gasteiger charge is 2.17. The lowest BCUT2D eigenvalue weighted by atomic mass is 10.0. The Morgan fingerprint density at radius 2 is 2.31 bits per heavy atom. The lowest BCUT2D eigenvalue weighted by Crippen LogP contribution is -2.08. The maximum Gasteiger partial charge on any atom is 0.338 e. The number of hydrogen-bond acceptors (Lipinski definition) is 4. The van der Waals surface area contributed by atoms with E-state index in [1.54, 1.807) is 6.92 Å². The number of halogens is 1. The number of nitrogens with zero attached hydrogens (tertiary/aromatic N) is 1. The first-order valence-electron chi connectivity index (χ1n) is 4.63. The molecule has 0 aliphatic carbocycles. The molecule has 0 amide bonds. The average molecular weight is 284 g/mol. The highest BCUT2D eigenvalue weighted by Crippen LogP contribution is 2.26. The molecule has 0 spiro atoms. The Balaban J connectivity index is 3.31. The Morgan fingerprint density at radius 3 is 2.81 bits per heavy atom. The van der Waals surface area contributed by atoms with Crippen LogP contribution >= 0.6 is 15.9 Å². The van der Waals surface area contributed by atoms with Crippen LogP contribution in [0, 0.1) is 11.3 Å². The number of alkyl halides is 1. The van der Waals surface area contributed by atoms with E-state index in [4.69, 9.17) is 10.00 Å². The molecule has 5 heteroatoms. The van der Waals surface area contributed by atoms with Gasteiger partial charge >= 0.3 is 5.97 Å². The Bertz CT molecular complexity index is 451. The minimum atomic E-state index is -0.492. The smallest absolute Gasteiger partial charge is 0.338 e. The van der Waals surface area contributed by atoms with Gasteiger partial charge in [0.2, 0.25) is 0 Å². The molecule has 0 saturated carbocycles. The van der Waals surface area contributed by atoms with Gasteiger partial charge in [-0.1, -0.05) is 15.9 Å². The highest BCUT2D eigenvalue weighted by molar-refractivity contribution is 9.08. The zero-order chi connectivity index (χ0) is 12.1. The molecule has 0 atom stereocenters. The Kier molecular flexibility index (Phi) is 4.32. The van der Waals surface area contributed by atoms with E-state index in [2.05, 4.69) is 15.9 Å². The first-order valence-corrected chi connectivity index (χ1v) is 5.75. The van der Waals surface area contributed by atoms with E-state index in [-0.39, 0.29) is 17.9 Å². The Labute approximate surface area is 102 Å². The molecule has 1 aromatic carbocycles. The van der Waals surface area contributed by atoms with Gasteiger partial charge in [0.25, 0.3) is 0 Å². The quantitative estimate of drug-likeness (QED) is 0.683. The maximum atomic E-state index is 11.6. The zero-order valence-electron chi connectivity index (χ0n) is 8.66. The number of hydrogen-bond donors (Lipinski definition) is 1. The van der Waals surface area contributed by atoms with Gasteiger partial charge in [0.15, 0.2) is 0 Å². The molecule has 0 heterocycles. The van der Waals surface area contributed by atoms with Crippen LogP contribution in [0.2, 0.25) is 0 Å². The molecule has 0 aromatic heterocycles. The molecular formula is C11H10BrNO3. The Hall–Kier alpha value is -1.54. The molecule has 84 valence electrons. The molecule has 0 radical (unpaired) electrons. The first-order chi connectivity index (χ1) is 7.65. The van der Waals surface area contributed by atoms with Crippen molar-refractivity contribution in [3.05, 3.63) is 28.8 Å². The number of phenols is 1. The number of phenolic OH excluding ortho intramolecular Hbond substituents is 1. The molecule has 0 fully saturated rings. The van der Waals surface area contributed by atoms with E-state index in [0.717, 1.165) is 0 Å². The summed E-state index contributed by atoms with van der Waals surface area (Å²) in [4.78, 5) is 11.6. The van der Waals surface area contributed by atoms with Gasteiger partial charge in [-0.05, 0) is 24.6 Å². The van der Waals surface area contributed by atoms with Gasteiger partial charge < -0.3 is 9.84 Å². The number of aromatic hydroxyl groups is 1. The van der Waals surface area contributed by atoms with Gasteiger partial charge in [-0.15, -0.1) is 0 Å². The summed E-state index contributed by atoms with van der Waals surface area (Å²) < 4.78 is 4.86. The Morgan fingerprint density at radius 1 is 1.62 bits per heavy atom. The number of nitriles is 1. The summed E-state index contributed by atoms with van der Waals surface area (Å²) in [5.74, 6) is -0.626. The second-order valence-corrected chi connectivity index (χ2v) is 3.51. The van der Waals surface area contributed by atoms with Crippen LogP contribution < -0.4 is 0 Å². The largest absolute Gasteiger partial charge is 0.507 e. The van der Waals surface area contributed by atoms with Gasteiger partial charge in [-0.2, -0.15) is 5.26 Å². The molecule has 0 saturated heterocycles. The second kappa shape index (κ2) is 5.52. The van der Waals surface area contributed by atoms with Gasteiger partial charge in [-0.25, -0.2) is 4.79 Å². The van der Waals surface area contributed by atoms with Crippen molar-refractivity contribution in [3.8, 4) is 11.8 Å². The van der Waals surface area contributed by atoms with Crippen molar-refractivity contribution in [1.82, 2.24) is 0 Å². The van der Waals surface area contributed by atoms with Crippen LogP contribution in [-0.2, 0) is 10.1 Å². The van der Waals surface area contributed by atoms with Crippen LogP contribution in [0.25, 0.3) is 0 Å². The minimum absolute atomic E-state index is 0.0995. The molecule has 0 bridgehead atoms. The maximum absolute atomic E-state index is 11.6. The normalized spacial score (nSPS) is 9.56. The predicted octanol–water partition coefficient (Wildman–Crippen LogP) is 2.34. The summed E-state index contributed by atoms with van der Waals surface area (Å²) in [7, 11) is 0. The molecule has 1 rings (SSSR count). The lowest BCUT2D eigenvalue weighted by Gasteiger charge is -2.09. The van der Waals surface area contributed by atoms with Crippen molar-refractivity contribution in [1.29, 1.82) is 5.26 Å². The fourth-order valence-corrected chi connectivity index (χ4v) is 1.88. The summed E-state index contributed by atoms with van der Waals surface area (Å²) in [5, 5.41) is 18.7. The molecule has 0 unspecified atom stereocenters. The van der Waals surface area contributed by atoms with Crippen LogP contribution in [-0.4, -0.2) is 17.7 Å². The van der Waals surface area contributed by atoms with Crippen molar-refractivity contribution < 1.29 is 14.6 Å². The molecule has 16 heavy (non-hydrogen) atoms. The summed E-state index contributed by atoms with van der Waals surface area (Å²) in [5.41, 5.74) is 0.844. The fraction of sp³-hybridized carbons (Fsp3) is 0.273. The molecule has 1 aromatic rings. The standard InChI is InChI=1S/C11H10BrNO3/c1-2-16-11(15)7-3-4-10(14)9(6-13)8(7)5-12/h3-4,14H,2,5H2,1H3. The number of benzene rings is 1. The predicted molar refractivity (Wildman–Crippen MR) is 61.4 cm³/mol. The number of carbonyl (C=O) groups excluding carboxylic acids is 1. The van der Waals surface area contributed by atoms with Gasteiger partial charge in [-0.3, -0.25) is 0 Å². The van der Waals surface area contributed by atoms with E-state index in [1.165, 1.54) is 12.1 Å². The van der Waals surface area contributed by atoms with Crippen molar-refractivity contribution in [2.75, 3.05) is 6.61 Å². The van der Waals surface area contributed by atoms with Crippen LogP contribution in [0.15, 0.2) is 12.1 Å². The van der Waals surface area contributed by atoms with E-state index in [1.807, 2.05) is 6.07 Å². The van der Waals surface area contributed by atoms with Crippen LogP contribution in [0.1, 0.15) is 28.4 Å². The zero-order valence-corrected chi connectivity index (χ0v) is 10.2. The van der Waals surface area contributed by atoms with Crippen molar-refractivity contribution >= 4 is 21.9 Å². The third-order valence-electron chi connectivity index (χ3n) is 2.03. The summed E-state index contributed by atoms with van der Waals surface area (Å²) >= 11 is 3.18. The van der Waals surface area contributed by atoms with Gasteiger partial charge in [0, 0.05) is 5.33 Å². The molecule has 4 nitrogen and oxygen atoms in total. The molecule has 1 N–H and O–H groups in total. The third kappa shape index (κ3) is 2.34. The average Bonchev–Trinajstić information content (AvgIpc) is 2.28. The molecule has 0 aliphatic heterocycles. The van der Waals surface area contributed by atoms with Crippen molar-refractivity contribution in [2.24, 2.45) is 0 Å². The van der Waals surface area contributed by atoms with E-state index in [9.17, 15) is 9.90 Å². The SMILES string of the molecule is CCOC(=O)c1ccc(O)c(C#N)c1CBr. The van der Waals surface area contributed by atoms with E-state index in [0.29, 0.717) is 16.5 Å². The summed E-state index contributed by atoms with van der Waals surface area (Å²) in [6.45, 7) is 1.97. The summed E-state index contributed by atoms with van der Waals surface area (Å²) in [6.07, 6.45) is 0. The van der Waals surface area contributed by atoms with Crippen LogP contribution in [0.3, 0.4) is 0 Å². The van der Waals surface area contributed by atoms with Crippen LogP contribution in [0.4, 0.5) is 0 Å². The van der Waals surface area contributed by atoms with E-state index < -0.39 is 5.97 Å². The summed E-state index contributed by atoms with van der Waals surface area (Å²) in [6, 6.07) is 4.63. The van der Waals surface area contributed by atoms with Crippen molar-refractivity contribution in [3.63, 3.8) is 0 Å². The number of rotatable bonds is 3. The van der Waals surface area contributed by atoms with Gasteiger partial charge in [0.05, 0.1) is 17.7 Å². The number of esters is 1. The fourth-order valence-electron chi connectivity index (χ4n) is 1.30. The number of ether oxygens (including phenoxy) is 1. The minimum Gasteiger partial charge on any atom is -0.507 e. The number of carbonyl (C=O) groups is 1. The second-order valence-electron chi connectivity index (χ2n) is 2.95. The van der Waals surface area contributed by atoms with E-state index >= 15 is 0 Å². The van der Waals surface area contributed by atoms with Gasteiger partial charge in [0.1, 0.15) is 11.8 Å². The first kappa shape index (κ1) is 12.5. The third-order valence-corrected chi connectivity index (χ3v) is 2.59. The van der Waals surface area contributed by atoms with Crippen molar-refractivity contribution in [2.45, 2.75) is 12.3 Å². The lowest BCUT2D eigenvalue weighted by molar-refractivity contribution is 0.0525. The highest BCUT2D eigenvalue weighted by atomic mass is 79.9. The molecular weight excluding hydrogens is 274 g/mol.